The zero-order valence-corrected chi connectivity index (χ0v) is 15.7. The van der Waals surface area contributed by atoms with Gasteiger partial charge in [-0.3, -0.25) is 9.69 Å². The molecule has 1 aliphatic heterocycles. The molecule has 0 radical (unpaired) electrons. The average molecular weight is 361 g/mol. The highest BCUT2D eigenvalue weighted by atomic mass is 35.5. The Morgan fingerprint density at radius 1 is 1.08 bits per heavy atom. The predicted molar refractivity (Wildman–Crippen MR) is 101 cm³/mol. The molecule has 0 unspecified atom stereocenters. The number of halogens is 1. The van der Waals surface area contributed by atoms with Gasteiger partial charge in [0.1, 0.15) is 0 Å². The van der Waals surface area contributed by atoms with Crippen molar-refractivity contribution >= 4 is 17.5 Å². The third-order valence-corrected chi connectivity index (χ3v) is 6.86. The number of rotatable bonds is 5. The van der Waals surface area contributed by atoms with Crippen LogP contribution in [-0.2, 0) is 11.3 Å². The van der Waals surface area contributed by atoms with Gasteiger partial charge in [0.2, 0.25) is 5.91 Å². The number of carbonyl (C=O) groups is 1. The van der Waals surface area contributed by atoms with Crippen LogP contribution < -0.4 is 5.32 Å². The molecule has 2 saturated carbocycles. The molecule has 25 heavy (non-hydrogen) atoms. The van der Waals surface area contributed by atoms with E-state index in [1.807, 2.05) is 12.1 Å². The van der Waals surface area contributed by atoms with Crippen LogP contribution in [0, 0.1) is 17.8 Å². The van der Waals surface area contributed by atoms with E-state index >= 15 is 0 Å². The van der Waals surface area contributed by atoms with Gasteiger partial charge in [-0.1, -0.05) is 30.2 Å². The molecule has 3 aliphatic rings. The van der Waals surface area contributed by atoms with Crippen molar-refractivity contribution in [1.82, 2.24) is 10.2 Å². The molecule has 0 spiro atoms. The summed E-state index contributed by atoms with van der Waals surface area (Å²) in [5, 5.41) is 4.11. The quantitative estimate of drug-likeness (QED) is 0.851. The monoisotopic (exact) mass is 360 g/mol. The number of amides is 1. The highest BCUT2D eigenvalue weighted by Gasteiger charge is 2.40. The molecule has 2 aliphatic carbocycles. The number of hydrogen-bond acceptors (Lipinski definition) is 2. The van der Waals surface area contributed by atoms with Crippen LogP contribution in [-0.4, -0.2) is 29.9 Å². The molecule has 136 valence electrons. The fraction of sp³-hybridized carbons (Fsp3) is 0.667. The number of carbonyl (C=O) groups excluding carboxylic acids is 1. The van der Waals surface area contributed by atoms with Gasteiger partial charge in [0.15, 0.2) is 0 Å². The van der Waals surface area contributed by atoms with E-state index in [2.05, 4.69) is 22.3 Å². The molecule has 1 heterocycles. The van der Waals surface area contributed by atoms with E-state index in [0.29, 0.717) is 17.9 Å². The lowest BCUT2D eigenvalue weighted by atomic mass is 9.86. The van der Waals surface area contributed by atoms with Crippen molar-refractivity contribution in [3.63, 3.8) is 0 Å². The minimum atomic E-state index is 0.300. The second kappa shape index (κ2) is 7.67. The first-order valence-corrected chi connectivity index (χ1v) is 10.3. The molecular weight excluding hydrogens is 332 g/mol. The third-order valence-electron chi connectivity index (χ3n) is 6.60. The normalized spacial score (nSPS) is 29.9. The van der Waals surface area contributed by atoms with Gasteiger partial charge < -0.3 is 5.32 Å². The second-order valence-electron chi connectivity index (χ2n) is 8.38. The Balaban J connectivity index is 1.18. The summed E-state index contributed by atoms with van der Waals surface area (Å²) in [5.74, 6) is 2.74. The first kappa shape index (κ1) is 17.4. The summed E-state index contributed by atoms with van der Waals surface area (Å²) in [6, 6.07) is 8.49. The number of fused-ring (bicyclic) bond motifs is 2. The molecule has 1 aromatic rings. The first-order chi connectivity index (χ1) is 12.2. The number of likely N-dealkylation sites (tertiary alicyclic amines) is 1. The maximum Gasteiger partial charge on any atom is 0.220 e. The molecule has 4 heteroatoms. The topological polar surface area (TPSA) is 32.3 Å². The zero-order chi connectivity index (χ0) is 17.2. The smallest absolute Gasteiger partial charge is 0.220 e. The van der Waals surface area contributed by atoms with Crippen LogP contribution in [0.15, 0.2) is 24.3 Å². The van der Waals surface area contributed by atoms with Gasteiger partial charge in [0.25, 0.3) is 0 Å². The van der Waals surface area contributed by atoms with Crippen molar-refractivity contribution in [3.05, 3.63) is 34.9 Å². The molecule has 1 amide bonds. The molecule has 0 aromatic heterocycles. The van der Waals surface area contributed by atoms with E-state index in [-0.39, 0.29) is 0 Å². The van der Waals surface area contributed by atoms with Crippen LogP contribution >= 0.6 is 11.6 Å². The van der Waals surface area contributed by atoms with Gasteiger partial charge in [0.05, 0.1) is 0 Å². The maximum atomic E-state index is 12.4. The number of hydrogen-bond donors (Lipinski definition) is 1. The van der Waals surface area contributed by atoms with Gasteiger partial charge in [-0.15, -0.1) is 0 Å². The van der Waals surface area contributed by atoms with E-state index in [1.54, 1.807) is 0 Å². The van der Waals surface area contributed by atoms with Crippen molar-refractivity contribution in [3.8, 4) is 0 Å². The van der Waals surface area contributed by atoms with Crippen molar-refractivity contribution in [2.75, 3.05) is 13.1 Å². The van der Waals surface area contributed by atoms with E-state index in [0.717, 1.165) is 55.8 Å². The van der Waals surface area contributed by atoms with Gasteiger partial charge in [-0.25, -0.2) is 0 Å². The molecule has 1 aromatic carbocycles. The molecule has 1 N–H and O–H groups in total. The van der Waals surface area contributed by atoms with Crippen LogP contribution in [0.25, 0.3) is 0 Å². The van der Waals surface area contributed by atoms with Crippen LogP contribution in [0.4, 0.5) is 0 Å². The van der Waals surface area contributed by atoms with E-state index < -0.39 is 0 Å². The predicted octanol–water partition coefficient (Wildman–Crippen LogP) is 4.25. The average Bonchev–Trinajstić information content (AvgIpc) is 3.21. The molecular formula is C21H29ClN2O. The Morgan fingerprint density at radius 3 is 2.48 bits per heavy atom. The Kier molecular flexibility index (Phi) is 5.33. The SMILES string of the molecule is O=C(C[C@@H]1C[C@H]2CC[C@H]1C2)NC1CCN(Cc2ccc(Cl)cc2)CC1. The fourth-order valence-electron chi connectivity index (χ4n) is 5.23. The Labute approximate surface area is 156 Å². The Bertz CT molecular complexity index is 594. The molecule has 3 atom stereocenters. The molecule has 2 bridgehead atoms. The minimum absolute atomic E-state index is 0.300. The van der Waals surface area contributed by atoms with Crippen molar-refractivity contribution < 1.29 is 4.79 Å². The molecule has 3 fully saturated rings. The first-order valence-electron chi connectivity index (χ1n) is 9.92. The minimum Gasteiger partial charge on any atom is -0.353 e. The fourth-order valence-corrected chi connectivity index (χ4v) is 5.36. The molecule has 4 rings (SSSR count). The van der Waals surface area contributed by atoms with Gasteiger partial charge in [-0.2, -0.15) is 0 Å². The summed E-state index contributed by atoms with van der Waals surface area (Å²) >= 11 is 5.95. The second-order valence-corrected chi connectivity index (χ2v) is 8.82. The highest BCUT2D eigenvalue weighted by molar-refractivity contribution is 6.30. The maximum absolute atomic E-state index is 12.4. The van der Waals surface area contributed by atoms with Crippen LogP contribution in [0.3, 0.4) is 0 Å². The van der Waals surface area contributed by atoms with Crippen molar-refractivity contribution in [1.29, 1.82) is 0 Å². The van der Waals surface area contributed by atoms with Gasteiger partial charge in [-0.05, 0) is 67.6 Å². The summed E-state index contributed by atoms with van der Waals surface area (Å²) in [6.45, 7) is 3.09. The number of benzene rings is 1. The van der Waals surface area contributed by atoms with Crippen molar-refractivity contribution in [2.24, 2.45) is 17.8 Å². The number of piperidine rings is 1. The van der Waals surface area contributed by atoms with Crippen LogP contribution in [0.2, 0.25) is 5.02 Å². The highest BCUT2D eigenvalue weighted by Crippen LogP contribution is 2.49. The largest absolute Gasteiger partial charge is 0.353 e. The Morgan fingerprint density at radius 2 is 1.84 bits per heavy atom. The molecule has 3 nitrogen and oxygen atoms in total. The van der Waals surface area contributed by atoms with Gasteiger partial charge in [0, 0.05) is 37.1 Å². The number of nitrogens with one attached hydrogen (secondary N) is 1. The summed E-state index contributed by atoms with van der Waals surface area (Å²) in [7, 11) is 0. The van der Waals surface area contributed by atoms with Crippen molar-refractivity contribution in [2.45, 2.75) is 57.5 Å². The lowest BCUT2D eigenvalue weighted by Crippen LogP contribution is -2.44. The summed E-state index contributed by atoms with van der Waals surface area (Å²) < 4.78 is 0. The van der Waals surface area contributed by atoms with E-state index in [1.165, 1.54) is 31.2 Å². The van der Waals surface area contributed by atoms with Crippen LogP contribution in [0.1, 0.15) is 50.5 Å². The van der Waals surface area contributed by atoms with Crippen LogP contribution in [0.5, 0.6) is 0 Å². The lowest BCUT2D eigenvalue weighted by molar-refractivity contribution is -0.123. The summed E-state index contributed by atoms with van der Waals surface area (Å²) in [6.07, 6.45) is 8.37. The van der Waals surface area contributed by atoms with E-state index in [4.69, 9.17) is 11.6 Å². The summed E-state index contributed by atoms with van der Waals surface area (Å²) in [4.78, 5) is 14.9. The van der Waals surface area contributed by atoms with E-state index in [9.17, 15) is 4.79 Å². The molecule has 1 saturated heterocycles. The Hall–Kier alpha value is -1.06. The van der Waals surface area contributed by atoms with Gasteiger partial charge >= 0.3 is 0 Å². The lowest BCUT2D eigenvalue weighted by Gasteiger charge is -2.33. The third kappa shape index (κ3) is 4.38. The standard InChI is InChI=1S/C21H29ClN2O/c22-19-5-2-15(3-6-19)14-24-9-7-20(8-10-24)23-21(25)13-18-12-16-1-4-17(18)11-16/h2-3,5-6,16-18,20H,1,4,7-14H2,(H,23,25)/t16-,17-,18-/m0/s1. The summed E-state index contributed by atoms with van der Waals surface area (Å²) in [5.41, 5.74) is 1.31. The zero-order valence-electron chi connectivity index (χ0n) is 14.9. The number of nitrogens with zero attached hydrogens (tertiary/aromatic N) is 1.